The molecule has 0 bridgehead atoms. The molecule has 0 radical (unpaired) electrons. The smallest absolute Gasteiger partial charge is 0.257 e. The van der Waals surface area contributed by atoms with E-state index < -0.39 is 15.9 Å². The van der Waals surface area contributed by atoms with E-state index in [0.717, 1.165) is 34.7 Å². The van der Waals surface area contributed by atoms with E-state index in [1.165, 1.54) is 32.7 Å². The lowest BCUT2D eigenvalue weighted by Crippen LogP contribution is -3.10. The Morgan fingerprint density at radius 1 is 1.19 bits per heavy atom. The third kappa shape index (κ3) is 6.02. The molecule has 1 unspecified atom stereocenters. The highest BCUT2D eigenvalue weighted by Gasteiger charge is 2.31. The summed E-state index contributed by atoms with van der Waals surface area (Å²) in [5.74, 6) is -0.0883. The minimum absolute atomic E-state index is 0.00391. The van der Waals surface area contributed by atoms with Crippen molar-refractivity contribution in [3.05, 3.63) is 73.6 Å². The fourth-order valence-corrected chi connectivity index (χ4v) is 8.74. The van der Waals surface area contributed by atoms with Crippen LogP contribution in [0, 0.1) is 11.3 Å². The Balaban J connectivity index is 1.19. The van der Waals surface area contributed by atoms with Gasteiger partial charge in [0.05, 0.1) is 45.8 Å². The number of fused-ring (bicyclic) bond motifs is 1. The monoisotopic (exact) mass is 659 g/mol. The highest BCUT2D eigenvalue weighted by molar-refractivity contribution is 7.89. The topological polar surface area (TPSA) is 158 Å². The Kier molecular flexibility index (Phi) is 8.47. The molecule has 43 heavy (non-hydrogen) atoms. The summed E-state index contributed by atoms with van der Waals surface area (Å²) in [7, 11) is -3.98. The van der Waals surface area contributed by atoms with Gasteiger partial charge in [-0.25, -0.2) is 8.42 Å². The maximum atomic E-state index is 13.4. The number of nitrogens with zero attached hydrogens (tertiary/aromatic N) is 5. The van der Waals surface area contributed by atoms with E-state index in [4.69, 9.17) is 27.9 Å². The predicted molar refractivity (Wildman–Crippen MR) is 160 cm³/mol. The number of amides is 1. The molecule has 4 aromatic rings. The summed E-state index contributed by atoms with van der Waals surface area (Å²) in [5, 5.41) is 27.2. The molecular formula is C27H25Cl2N8O4S2+. The van der Waals surface area contributed by atoms with E-state index in [9.17, 15) is 18.5 Å². The normalized spacial score (nSPS) is 17.3. The standard InChI is InChI=1S/C27H24Cl2N8O4S2/c28-21-12-22(29)24(43(39,40)37-7-9-41-10-8-37)11-19(21)26(38)31-27-20(13-30)18-5-6-36(15-23(18)42-27)14-16-1-3-17(4-2-16)25-32-34-35-33-25/h1-4,11-12H,5-10,14-15H2,(H,31,38)(H,32,33,34,35)/p+1. The van der Waals surface area contributed by atoms with Gasteiger partial charge in [0.1, 0.15) is 29.1 Å². The average Bonchev–Trinajstić information content (AvgIpc) is 3.66. The number of nitrogens with one attached hydrogen (secondary N) is 3. The van der Waals surface area contributed by atoms with Crippen molar-refractivity contribution < 1.29 is 22.8 Å². The summed E-state index contributed by atoms with van der Waals surface area (Å²) in [6.07, 6.45) is 0.685. The number of nitriles is 1. The number of ether oxygens (including phenoxy) is 1. The van der Waals surface area contributed by atoms with Crippen molar-refractivity contribution in [3.8, 4) is 17.5 Å². The Labute approximate surface area is 261 Å². The molecule has 6 rings (SSSR count). The van der Waals surface area contributed by atoms with E-state index in [1.807, 2.05) is 24.3 Å². The molecule has 0 saturated carbocycles. The number of aromatic amines is 1. The van der Waals surface area contributed by atoms with Gasteiger partial charge < -0.3 is 15.0 Å². The van der Waals surface area contributed by atoms with Crippen LogP contribution in [0.2, 0.25) is 10.0 Å². The van der Waals surface area contributed by atoms with E-state index in [-0.39, 0.29) is 46.8 Å². The number of morpholine rings is 1. The summed E-state index contributed by atoms with van der Waals surface area (Å²) in [6, 6.07) is 12.7. The minimum atomic E-state index is -3.98. The van der Waals surface area contributed by atoms with Gasteiger partial charge >= 0.3 is 0 Å². The van der Waals surface area contributed by atoms with Crippen LogP contribution in [-0.2, 0) is 34.3 Å². The van der Waals surface area contributed by atoms with Crippen molar-refractivity contribution in [2.24, 2.45) is 0 Å². The van der Waals surface area contributed by atoms with Gasteiger partial charge in [0, 0.05) is 30.6 Å². The van der Waals surface area contributed by atoms with Gasteiger partial charge in [0.2, 0.25) is 15.8 Å². The van der Waals surface area contributed by atoms with Crippen molar-refractivity contribution in [2.75, 3.05) is 38.2 Å². The highest BCUT2D eigenvalue weighted by atomic mass is 35.5. The Morgan fingerprint density at radius 3 is 2.65 bits per heavy atom. The molecule has 3 N–H and O–H groups in total. The Hall–Kier alpha value is -3.42. The molecule has 0 spiro atoms. The molecule has 12 nitrogen and oxygen atoms in total. The number of carbonyl (C=O) groups is 1. The molecule has 2 aliphatic rings. The summed E-state index contributed by atoms with van der Waals surface area (Å²) < 4.78 is 33.1. The predicted octanol–water partition coefficient (Wildman–Crippen LogP) is 2.52. The van der Waals surface area contributed by atoms with Crippen molar-refractivity contribution >= 4 is 55.5 Å². The second kappa shape index (κ2) is 12.3. The van der Waals surface area contributed by atoms with Gasteiger partial charge in [-0.1, -0.05) is 47.5 Å². The van der Waals surface area contributed by atoms with Crippen molar-refractivity contribution in [1.29, 1.82) is 5.26 Å². The lowest BCUT2D eigenvalue weighted by Gasteiger charge is -2.26. The number of hydrogen-bond donors (Lipinski definition) is 3. The molecule has 1 saturated heterocycles. The third-order valence-corrected chi connectivity index (χ3v) is 11.3. The lowest BCUT2D eigenvalue weighted by molar-refractivity contribution is -0.929. The number of hydrogen-bond acceptors (Lipinski definition) is 9. The van der Waals surface area contributed by atoms with Gasteiger partial charge in [-0.3, -0.25) is 4.79 Å². The number of tetrazole rings is 1. The number of carbonyl (C=O) groups excluding carboxylic acids is 1. The number of benzene rings is 2. The molecule has 16 heteroatoms. The molecule has 222 valence electrons. The number of rotatable bonds is 7. The highest BCUT2D eigenvalue weighted by Crippen LogP contribution is 2.36. The Bertz CT molecular complexity index is 1820. The molecular weight excluding hydrogens is 635 g/mol. The van der Waals surface area contributed by atoms with E-state index >= 15 is 0 Å². The molecule has 1 fully saturated rings. The van der Waals surface area contributed by atoms with Gasteiger partial charge in [-0.05, 0) is 22.9 Å². The number of aromatic nitrogens is 4. The first-order valence-corrected chi connectivity index (χ1v) is 16.3. The first-order chi connectivity index (χ1) is 20.7. The molecule has 1 atom stereocenters. The molecule has 2 aromatic carbocycles. The van der Waals surface area contributed by atoms with Crippen LogP contribution < -0.4 is 10.2 Å². The van der Waals surface area contributed by atoms with Gasteiger partial charge in [-0.2, -0.15) is 14.8 Å². The van der Waals surface area contributed by atoms with Crippen molar-refractivity contribution in [2.45, 2.75) is 24.4 Å². The van der Waals surface area contributed by atoms with Crippen LogP contribution in [-0.4, -0.2) is 72.1 Å². The van der Waals surface area contributed by atoms with Crippen LogP contribution in [0.5, 0.6) is 0 Å². The van der Waals surface area contributed by atoms with Crippen LogP contribution in [0.15, 0.2) is 41.3 Å². The van der Waals surface area contributed by atoms with Crippen LogP contribution in [0.1, 0.15) is 31.9 Å². The fourth-order valence-electron chi connectivity index (χ4n) is 5.24. The van der Waals surface area contributed by atoms with Crippen LogP contribution in [0.4, 0.5) is 5.00 Å². The molecule has 2 aliphatic heterocycles. The van der Waals surface area contributed by atoms with Crippen LogP contribution in [0.3, 0.4) is 0 Å². The first-order valence-electron chi connectivity index (χ1n) is 13.3. The first kappa shape index (κ1) is 29.6. The number of halogens is 2. The fraction of sp³-hybridized carbons (Fsp3) is 0.296. The summed E-state index contributed by atoms with van der Waals surface area (Å²) in [5.41, 5.74) is 3.32. The van der Waals surface area contributed by atoms with E-state index in [0.29, 0.717) is 29.4 Å². The van der Waals surface area contributed by atoms with Crippen molar-refractivity contribution in [1.82, 2.24) is 24.9 Å². The third-order valence-electron chi connectivity index (χ3n) is 7.43. The van der Waals surface area contributed by atoms with Crippen molar-refractivity contribution in [3.63, 3.8) is 0 Å². The molecule has 4 heterocycles. The minimum Gasteiger partial charge on any atom is -0.379 e. The zero-order chi connectivity index (χ0) is 30.1. The second-order valence-electron chi connectivity index (χ2n) is 10.1. The average molecular weight is 661 g/mol. The zero-order valence-electron chi connectivity index (χ0n) is 22.6. The second-order valence-corrected chi connectivity index (χ2v) is 13.9. The van der Waals surface area contributed by atoms with Crippen LogP contribution >= 0.6 is 34.5 Å². The molecule has 0 aliphatic carbocycles. The number of anilines is 1. The quantitative estimate of drug-likeness (QED) is 0.273. The van der Waals surface area contributed by atoms with Crippen LogP contribution in [0.25, 0.3) is 11.4 Å². The molecule has 2 aromatic heterocycles. The zero-order valence-corrected chi connectivity index (χ0v) is 25.7. The number of sulfonamides is 1. The number of quaternary nitrogens is 1. The number of H-pyrrole nitrogens is 1. The van der Waals surface area contributed by atoms with Gasteiger partial charge in [0.15, 0.2) is 0 Å². The van der Waals surface area contributed by atoms with Gasteiger partial charge in [-0.15, -0.1) is 21.5 Å². The summed E-state index contributed by atoms with van der Waals surface area (Å²) >= 11 is 14.0. The maximum absolute atomic E-state index is 13.4. The Morgan fingerprint density at radius 2 is 1.95 bits per heavy atom. The lowest BCUT2D eigenvalue weighted by atomic mass is 10.0. The van der Waals surface area contributed by atoms with E-state index in [2.05, 4.69) is 32.0 Å². The van der Waals surface area contributed by atoms with E-state index in [1.54, 1.807) is 0 Å². The largest absolute Gasteiger partial charge is 0.379 e. The van der Waals surface area contributed by atoms with Gasteiger partial charge in [0.25, 0.3) is 5.91 Å². The summed E-state index contributed by atoms with van der Waals surface area (Å²) in [4.78, 5) is 15.5. The maximum Gasteiger partial charge on any atom is 0.257 e. The SMILES string of the molecule is N#Cc1c(NC(=O)c2cc(S(=O)(=O)N3CCOCC3)c(Cl)cc2Cl)sc2c1CC[NH+](Cc1ccc(-c3nn[nH]n3)cc1)C2. The number of thiophene rings is 1. The molecule has 1 amide bonds. The summed E-state index contributed by atoms with van der Waals surface area (Å²) in [6.45, 7) is 3.20.